The molecule has 0 aromatic heterocycles. The molecule has 1 atom stereocenters. The molecule has 1 aliphatic carbocycles. The molecule has 0 bridgehead atoms. The maximum Gasteiger partial charge on any atom is 0.180 e. The van der Waals surface area contributed by atoms with Crippen LogP contribution in [-0.4, -0.2) is 26.3 Å². The second-order valence-corrected chi connectivity index (χ2v) is 5.45. The van der Waals surface area contributed by atoms with E-state index >= 15 is 0 Å². The van der Waals surface area contributed by atoms with E-state index in [1.807, 2.05) is 6.07 Å². The lowest BCUT2D eigenvalue weighted by atomic mass is 9.98. The second kappa shape index (κ2) is 4.98. The molecule has 1 unspecified atom stereocenters. The lowest BCUT2D eigenvalue weighted by molar-refractivity contribution is 0.282. The summed E-state index contributed by atoms with van der Waals surface area (Å²) in [4.78, 5) is 0. The Morgan fingerprint density at radius 1 is 1.28 bits per heavy atom. The predicted molar refractivity (Wildman–Crippen MR) is 71.9 cm³/mol. The Bertz CT molecular complexity index is 440. The quantitative estimate of drug-likeness (QED) is 0.910. The molecule has 1 saturated heterocycles. The van der Waals surface area contributed by atoms with Gasteiger partial charge in [0.15, 0.2) is 11.5 Å². The van der Waals surface area contributed by atoms with Gasteiger partial charge in [-0.15, -0.1) is 0 Å². The van der Waals surface area contributed by atoms with Crippen LogP contribution in [0.15, 0.2) is 12.1 Å². The minimum atomic E-state index is 0.329. The Morgan fingerprint density at radius 2 is 2.11 bits per heavy atom. The first-order valence-electron chi connectivity index (χ1n) is 6.52. The van der Waals surface area contributed by atoms with Gasteiger partial charge in [-0.3, -0.25) is 0 Å². The van der Waals surface area contributed by atoms with Gasteiger partial charge in [-0.25, -0.2) is 0 Å². The van der Waals surface area contributed by atoms with Gasteiger partial charge in [0.2, 0.25) is 0 Å². The average molecular weight is 268 g/mol. The standard InChI is InChI=1S/C14H18ClNO2/c1-17-13-7-10(9-4-5-16-8-9)6-12(15)14(13)18-11-2-3-11/h6-7,9,11,16H,2-5,8H2,1H3. The van der Waals surface area contributed by atoms with E-state index in [2.05, 4.69) is 11.4 Å². The van der Waals surface area contributed by atoms with Crippen molar-refractivity contribution in [2.45, 2.75) is 31.3 Å². The summed E-state index contributed by atoms with van der Waals surface area (Å²) in [6.07, 6.45) is 3.72. The third-order valence-corrected chi connectivity index (χ3v) is 3.87. The van der Waals surface area contributed by atoms with Crippen LogP contribution in [0.1, 0.15) is 30.7 Å². The fraction of sp³-hybridized carbons (Fsp3) is 0.571. The molecule has 3 nitrogen and oxygen atoms in total. The zero-order chi connectivity index (χ0) is 12.5. The molecule has 4 heteroatoms. The lowest BCUT2D eigenvalue weighted by Gasteiger charge is -2.16. The number of nitrogens with one attached hydrogen (secondary N) is 1. The minimum absolute atomic E-state index is 0.329. The molecule has 1 aromatic carbocycles. The average Bonchev–Trinajstić information content (AvgIpc) is 3.02. The van der Waals surface area contributed by atoms with Gasteiger partial charge in [0.25, 0.3) is 0 Å². The highest BCUT2D eigenvalue weighted by molar-refractivity contribution is 6.32. The van der Waals surface area contributed by atoms with Crippen LogP contribution in [0, 0.1) is 0 Å². The summed E-state index contributed by atoms with van der Waals surface area (Å²) >= 11 is 6.34. The molecule has 2 fully saturated rings. The van der Waals surface area contributed by atoms with Crippen molar-refractivity contribution in [3.63, 3.8) is 0 Å². The molecular formula is C14H18ClNO2. The van der Waals surface area contributed by atoms with Crippen LogP contribution in [0.25, 0.3) is 0 Å². The summed E-state index contributed by atoms with van der Waals surface area (Å²) in [5.41, 5.74) is 1.24. The van der Waals surface area contributed by atoms with Crippen molar-refractivity contribution in [3.05, 3.63) is 22.7 Å². The van der Waals surface area contributed by atoms with Crippen LogP contribution in [0.2, 0.25) is 5.02 Å². The summed E-state index contributed by atoms with van der Waals surface area (Å²) in [7, 11) is 1.67. The summed E-state index contributed by atoms with van der Waals surface area (Å²) in [5, 5.41) is 4.04. The first kappa shape index (κ1) is 12.1. The molecule has 1 aliphatic heterocycles. The van der Waals surface area contributed by atoms with Crippen molar-refractivity contribution >= 4 is 11.6 Å². The van der Waals surface area contributed by atoms with Gasteiger partial charge < -0.3 is 14.8 Å². The molecule has 1 saturated carbocycles. The SMILES string of the molecule is COc1cc(C2CCNC2)cc(Cl)c1OC1CC1. The van der Waals surface area contributed by atoms with Crippen LogP contribution in [0.4, 0.5) is 0 Å². The van der Waals surface area contributed by atoms with Gasteiger partial charge in [-0.05, 0) is 49.4 Å². The molecule has 0 radical (unpaired) electrons. The van der Waals surface area contributed by atoms with Gasteiger partial charge in [0.1, 0.15) is 0 Å². The van der Waals surface area contributed by atoms with Crippen molar-refractivity contribution in [3.8, 4) is 11.5 Å². The number of rotatable bonds is 4. The van der Waals surface area contributed by atoms with E-state index in [-0.39, 0.29) is 0 Å². The molecule has 18 heavy (non-hydrogen) atoms. The van der Waals surface area contributed by atoms with Crippen LogP contribution in [0.5, 0.6) is 11.5 Å². The Kier molecular flexibility index (Phi) is 3.35. The number of hydrogen-bond donors (Lipinski definition) is 1. The predicted octanol–water partition coefficient (Wildman–Crippen LogP) is 2.97. The van der Waals surface area contributed by atoms with Crippen LogP contribution < -0.4 is 14.8 Å². The highest BCUT2D eigenvalue weighted by Gasteiger charge is 2.27. The Labute approximate surface area is 112 Å². The molecule has 0 amide bonds. The summed E-state index contributed by atoms with van der Waals surface area (Å²) < 4.78 is 11.2. The third-order valence-electron chi connectivity index (χ3n) is 3.59. The topological polar surface area (TPSA) is 30.5 Å². The van der Waals surface area contributed by atoms with Gasteiger partial charge in [0, 0.05) is 6.54 Å². The smallest absolute Gasteiger partial charge is 0.180 e. The van der Waals surface area contributed by atoms with E-state index in [0.29, 0.717) is 22.8 Å². The summed E-state index contributed by atoms with van der Waals surface area (Å²) in [6, 6.07) is 4.10. The Morgan fingerprint density at radius 3 is 2.72 bits per heavy atom. The van der Waals surface area contributed by atoms with Crippen molar-refractivity contribution in [2.24, 2.45) is 0 Å². The maximum absolute atomic E-state index is 6.34. The first-order chi connectivity index (χ1) is 8.78. The normalized spacial score (nSPS) is 23.1. The van der Waals surface area contributed by atoms with Gasteiger partial charge in [-0.1, -0.05) is 11.6 Å². The number of methoxy groups -OCH3 is 1. The van der Waals surface area contributed by atoms with Crippen LogP contribution in [-0.2, 0) is 0 Å². The van der Waals surface area contributed by atoms with Crippen molar-refractivity contribution in [1.82, 2.24) is 5.32 Å². The second-order valence-electron chi connectivity index (χ2n) is 5.04. The number of ether oxygens (including phenoxy) is 2. The number of benzene rings is 1. The highest BCUT2D eigenvalue weighted by Crippen LogP contribution is 2.42. The number of hydrogen-bond acceptors (Lipinski definition) is 3. The van der Waals surface area contributed by atoms with Crippen molar-refractivity contribution in [1.29, 1.82) is 0 Å². The van der Waals surface area contributed by atoms with Crippen LogP contribution in [0.3, 0.4) is 0 Å². The molecule has 1 heterocycles. The Hall–Kier alpha value is -0.930. The van der Waals surface area contributed by atoms with Gasteiger partial charge >= 0.3 is 0 Å². The molecule has 1 N–H and O–H groups in total. The maximum atomic E-state index is 6.34. The molecule has 0 spiro atoms. The first-order valence-corrected chi connectivity index (χ1v) is 6.90. The molecule has 98 valence electrons. The summed E-state index contributed by atoms with van der Waals surface area (Å²) in [6.45, 7) is 2.09. The number of halogens is 1. The lowest BCUT2D eigenvalue weighted by Crippen LogP contribution is -2.08. The molecule has 2 aliphatic rings. The van der Waals surface area contributed by atoms with E-state index in [1.165, 1.54) is 5.56 Å². The van der Waals surface area contributed by atoms with Gasteiger partial charge in [0.05, 0.1) is 18.2 Å². The fourth-order valence-electron chi connectivity index (χ4n) is 2.38. The third kappa shape index (κ3) is 2.43. The van der Waals surface area contributed by atoms with E-state index in [4.69, 9.17) is 21.1 Å². The fourth-order valence-corrected chi connectivity index (χ4v) is 2.65. The van der Waals surface area contributed by atoms with Crippen LogP contribution >= 0.6 is 11.6 Å². The molecular weight excluding hydrogens is 250 g/mol. The van der Waals surface area contributed by atoms with E-state index in [0.717, 1.165) is 38.1 Å². The molecule has 1 aromatic rings. The summed E-state index contributed by atoms with van der Waals surface area (Å²) in [5.74, 6) is 2.00. The molecule has 3 rings (SSSR count). The highest BCUT2D eigenvalue weighted by atomic mass is 35.5. The van der Waals surface area contributed by atoms with Gasteiger partial charge in [-0.2, -0.15) is 0 Å². The largest absolute Gasteiger partial charge is 0.493 e. The van der Waals surface area contributed by atoms with Crippen molar-refractivity contribution < 1.29 is 9.47 Å². The Balaban J connectivity index is 1.90. The van der Waals surface area contributed by atoms with E-state index in [1.54, 1.807) is 7.11 Å². The zero-order valence-corrected chi connectivity index (χ0v) is 11.3. The van der Waals surface area contributed by atoms with Crippen molar-refractivity contribution in [2.75, 3.05) is 20.2 Å². The van der Waals surface area contributed by atoms with E-state index in [9.17, 15) is 0 Å². The minimum Gasteiger partial charge on any atom is -0.493 e. The monoisotopic (exact) mass is 267 g/mol. The zero-order valence-electron chi connectivity index (χ0n) is 10.5. The van der Waals surface area contributed by atoms with E-state index < -0.39 is 0 Å².